The highest BCUT2D eigenvalue weighted by molar-refractivity contribution is 5.83. The normalized spacial score (nSPS) is 26.9. The van der Waals surface area contributed by atoms with Crippen LogP contribution in [0.2, 0.25) is 0 Å². The summed E-state index contributed by atoms with van der Waals surface area (Å²) in [5.41, 5.74) is 6.53. The van der Waals surface area contributed by atoms with E-state index >= 15 is 0 Å². The number of fused-ring (bicyclic) bond motifs is 1. The first-order valence-corrected chi connectivity index (χ1v) is 6.26. The second-order valence-corrected chi connectivity index (χ2v) is 4.97. The van der Waals surface area contributed by atoms with Crippen molar-refractivity contribution < 1.29 is 9.18 Å². The van der Waals surface area contributed by atoms with Crippen molar-refractivity contribution in [2.45, 2.75) is 18.9 Å². The van der Waals surface area contributed by atoms with Gasteiger partial charge in [-0.25, -0.2) is 4.39 Å². The van der Waals surface area contributed by atoms with E-state index in [0.717, 1.165) is 19.4 Å². The van der Waals surface area contributed by atoms with E-state index in [9.17, 15) is 9.18 Å². The van der Waals surface area contributed by atoms with E-state index in [0.29, 0.717) is 17.9 Å². The van der Waals surface area contributed by atoms with Crippen LogP contribution in [-0.2, 0) is 4.79 Å². The van der Waals surface area contributed by atoms with Crippen LogP contribution in [0.25, 0.3) is 0 Å². The first-order chi connectivity index (χ1) is 8.66. The van der Waals surface area contributed by atoms with Gasteiger partial charge >= 0.3 is 0 Å². The van der Waals surface area contributed by atoms with Gasteiger partial charge in [0, 0.05) is 18.8 Å². The van der Waals surface area contributed by atoms with Gasteiger partial charge in [-0.2, -0.15) is 0 Å². The number of amides is 1. The number of hydrogen-bond acceptors (Lipinski definition) is 3. The van der Waals surface area contributed by atoms with E-state index in [1.165, 1.54) is 6.07 Å². The number of nitrogens with two attached hydrogens (primary N) is 1. The van der Waals surface area contributed by atoms with Crippen molar-refractivity contribution in [3.05, 3.63) is 24.0 Å². The number of carbonyl (C=O) groups is 1. The van der Waals surface area contributed by atoms with E-state index in [4.69, 9.17) is 5.73 Å². The molecule has 2 unspecified atom stereocenters. The first kappa shape index (κ1) is 11.3. The van der Waals surface area contributed by atoms with E-state index in [2.05, 4.69) is 5.32 Å². The third-order valence-corrected chi connectivity index (χ3v) is 3.88. The number of rotatable bonds is 1. The maximum absolute atomic E-state index is 14.0. The summed E-state index contributed by atoms with van der Waals surface area (Å²) in [7, 11) is 0. The van der Waals surface area contributed by atoms with Crippen molar-refractivity contribution in [2.75, 3.05) is 23.7 Å². The van der Waals surface area contributed by atoms with Crippen molar-refractivity contribution >= 4 is 17.3 Å². The molecule has 0 spiro atoms. The third-order valence-electron chi connectivity index (χ3n) is 3.88. The molecule has 2 fully saturated rings. The summed E-state index contributed by atoms with van der Waals surface area (Å²) in [4.78, 5) is 13.7. The molecule has 1 amide bonds. The van der Waals surface area contributed by atoms with Crippen molar-refractivity contribution in [1.29, 1.82) is 0 Å². The van der Waals surface area contributed by atoms with Gasteiger partial charge in [0.2, 0.25) is 5.91 Å². The Hall–Kier alpha value is -1.78. The molecule has 5 heteroatoms. The van der Waals surface area contributed by atoms with Crippen LogP contribution in [-0.4, -0.2) is 25.0 Å². The molecule has 2 aliphatic rings. The summed E-state index contributed by atoms with van der Waals surface area (Å²) in [6, 6.07) is 4.81. The fraction of sp³-hybridized carbons (Fsp3) is 0.462. The number of nitrogens with zero attached hydrogens (tertiary/aromatic N) is 1. The molecular weight excluding hydrogens is 233 g/mol. The number of hydrogen-bond donors (Lipinski definition) is 2. The fourth-order valence-electron chi connectivity index (χ4n) is 3.01. The molecule has 0 bridgehead atoms. The number of halogens is 1. The van der Waals surface area contributed by atoms with Gasteiger partial charge in [-0.15, -0.1) is 0 Å². The van der Waals surface area contributed by atoms with Gasteiger partial charge in [0.15, 0.2) is 0 Å². The topological polar surface area (TPSA) is 58.4 Å². The SMILES string of the molecule is Nc1ccc(N2CCCC3C(=O)NCC32)c(F)c1. The summed E-state index contributed by atoms with van der Waals surface area (Å²) in [5, 5.41) is 2.86. The highest BCUT2D eigenvalue weighted by atomic mass is 19.1. The predicted molar refractivity (Wildman–Crippen MR) is 67.7 cm³/mol. The van der Waals surface area contributed by atoms with Gasteiger partial charge in [0.1, 0.15) is 5.82 Å². The minimum Gasteiger partial charge on any atom is -0.399 e. The molecule has 0 aromatic heterocycles. The lowest BCUT2D eigenvalue weighted by Gasteiger charge is -2.37. The molecule has 2 atom stereocenters. The Morgan fingerprint density at radius 3 is 3.06 bits per heavy atom. The molecule has 96 valence electrons. The molecule has 0 radical (unpaired) electrons. The quantitative estimate of drug-likeness (QED) is 0.733. The Morgan fingerprint density at radius 2 is 2.28 bits per heavy atom. The monoisotopic (exact) mass is 249 g/mol. The molecule has 4 nitrogen and oxygen atoms in total. The Balaban J connectivity index is 1.93. The van der Waals surface area contributed by atoms with Crippen LogP contribution in [0, 0.1) is 11.7 Å². The van der Waals surface area contributed by atoms with Crippen molar-refractivity contribution in [2.24, 2.45) is 5.92 Å². The second kappa shape index (κ2) is 4.15. The Kier molecular flexibility index (Phi) is 2.61. The molecule has 2 saturated heterocycles. The maximum atomic E-state index is 14.0. The van der Waals surface area contributed by atoms with Crippen LogP contribution in [0.1, 0.15) is 12.8 Å². The average Bonchev–Trinajstić information content (AvgIpc) is 2.72. The standard InChI is InChI=1S/C13H16FN3O/c14-10-6-8(15)3-4-11(10)17-5-1-2-9-12(17)7-16-13(9)18/h3-4,6,9,12H,1-2,5,7,15H2,(H,16,18). The van der Waals surface area contributed by atoms with Gasteiger partial charge in [-0.3, -0.25) is 4.79 Å². The lowest BCUT2D eigenvalue weighted by Crippen LogP contribution is -2.46. The Morgan fingerprint density at radius 1 is 1.44 bits per heavy atom. The summed E-state index contributed by atoms with van der Waals surface area (Å²) >= 11 is 0. The van der Waals surface area contributed by atoms with Crippen molar-refractivity contribution in [3.63, 3.8) is 0 Å². The highest BCUT2D eigenvalue weighted by Gasteiger charge is 2.41. The summed E-state index contributed by atoms with van der Waals surface area (Å²) < 4.78 is 14.0. The predicted octanol–water partition coefficient (Wildman–Crippen LogP) is 1.12. The summed E-state index contributed by atoms with van der Waals surface area (Å²) in [6.07, 6.45) is 1.81. The molecule has 1 aromatic rings. The molecule has 0 aliphatic carbocycles. The minimum absolute atomic E-state index is 0.00398. The van der Waals surface area contributed by atoms with Crippen molar-refractivity contribution in [3.8, 4) is 0 Å². The van der Waals surface area contributed by atoms with Gasteiger partial charge in [0.25, 0.3) is 0 Å². The van der Waals surface area contributed by atoms with Crippen LogP contribution in [0.15, 0.2) is 18.2 Å². The molecule has 0 saturated carbocycles. The first-order valence-electron chi connectivity index (χ1n) is 6.26. The highest BCUT2D eigenvalue weighted by Crippen LogP contribution is 2.33. The van der Waals surface area contributed by atoms with Gasteiger partial charge in [-0.05, 0) is 31.0 Å². The largest absolute Gasteiger partial charge is 0.399 e. The zero-order valence-corrected chi connectivity index (χ0v) is 10.0. The number of nitrogens with one attached hydrogen (secondary N) is 1. The molecule has 1 aromatic carbocycles. The molecule has 2 heterocycles. The van der Waals surface area contributed by atoms with E-state index in [1.54, 1.807) is 12.1 Å². The number of anilines is 2. The number of piperidine rings is 1. The maximum Gasteiger partial charge on any atom is 0.225 e. The van der Waals surface area contributed by atoms with Gasteiger partial charge in [0.05, 0.1) is 17.6 Å². The minimum atomic E-state index is -0.310. The lowest BCUT2D eigenvalue weighted by molar-refractivity contribution is -0.123. The van der Waals surface area contributed by atoms with Crippen LogP contribution < -0.4 is 16.0 Å². The smallest absolute Gasteiger partial charge is 0.225 e. The number of carbonyl (C=O) groups excluding carboxylic acids is 1. The average molecular weight is 249 g/mol. The number of benzene rings is 1. The van der Waals surface area contributed by atoms with E-state index in [-0.39, 0.29) is 23.7 Å². The fourth-order valence-corrected chi connectivity index (χ4v) is 3.01. The molecule has 18 heavy (non-hydrogen) atoms. The zero-order chi connectivity index (χ0) is 12.7. The zero-order valence-electron chi connectivity index (χ0n) is 10.0. The Bertz CT molecular complexity index is 491. The van der Waals surface area contributed by atoms with Crippen LogP contribution >= 0.6 is 0 Å². The Labute approximate surface area is 105 Å². The molecule has 3 N–H and O–H groups in total. The van der Waals surface area contributed by atoms with Crippen LogP contribution in [0.3, 0.4) is 0 Å². The van der Waals surface area contributed by atoms with E-state index in [1.807, 2.05) is 4.90 Å². The summed E-state index contributed by atoms with van der Waals surface area (Å²) in [6.45, 7) is 1.39. The summed E-state index contributed by atoms with van der Waals surface area (Å²) in [5.74, 6) is -0.216. The molecular formula is C13H16FN3O. The molecule has 3 rings (SSSR count). The lowest BCUT2D eigenvalue weighted by atomic mass is 9.91. The van der Waals surface area contributed by atoms with Gasteiger partial charge in [-0.1, -0.05) is 0 Å². The van der Waals surface area contributed by atoms with Gasteiger partial charge < -0.3 is 16.0 Å². The van der Waals surface area contributed by atoms with Crippen LogP contribution in [0.5, 0.6) is 0 Å². The number of nitrogen functional groups attached to an aromatic ring is 1. The third kappa shape index (κ3) is 1.70. The van der Waals surface area contributed by atoms with E-state index < -0.39 is 0 Å². The molecule has 2 aliphatic heterocycles. The second-order valence-electron chi connectivity index (χ2n) is 4.97. The van der Waals surface area contributed by atoms with Crippen molar-refractivity contribution in [1.82, 2.24) is 5.32 Å². The van der Waals surface area contributed by atoms with Crippen LogP contribution in [0.4, 0.5) is 15.8 Å².